The largest absolute Gasteiger partial charge is 0.353 e. The molecule has 0 aliphatic heterocycles. The van der Waals surface area contributed by atoms with Crippen molar-refractivity contribution >= 4 is 40.3 Å². The van der Waals surface area contributed by atoms with E-state index in [2.05, 4.69) is 25.6 Å². The predicted molar refractivity (Wildman–Crippen MR) is 100 cm³/mol. The molecule has 0 bridgehead atoms. The number of hydrogen-bond acceptors (Lipinski definition) is 7. The number of nitrogens with one attached hydrogen (secondary N) is 2. The van der Waals surface area contributed by atoms with Gasteiger partial charge in [-0.05, 0) is 43.2 Å². The van der Waals surface area contributed by atoms with Gasteiger partial charge in [-0.15, -0.1) is 0 Å². The normalized spacial score (nSPS) is 10.4. The maximum absolute atomic E-state index is 11.7. The van der Waals surface area contributed by atoms with Crippen molar-refractivity contribution in [2.75, 3.05) is 10.6 Å². The average Bonchev–Trinajstić information content (AvgIpc) is 2.60. The lowest BCUT2D eigenvalue weighted by Gasteiger charge is -2.12. The van der Waals surface area contributed by atoms with E-state index in [1.807, 2.05) is 32.0 Å². The summed E-state index contributed by atoms with van der Waals surface area (Å²) in [6.45, 7) is 3.85. The smallest absolute Gasteiger partial charge is 0.334 e. The number of pyridine rings is 1. The van der Waals surface area contributed by atoms with E-state index in [9.17, 15) is 10.1 Å². The zero-order chi connectivity index (χ0) is 18.7. The molecule has 2 aromatic heterocycles. The van der Waals surface area contributed by atoms with Crippen molar-refractivity contribution < 1.29 is 4.92 Å². The first-order valence-corrected chi connectivity index (χ1v) is 8.04. The van der Waals surface area contributed by atoms with Gasteiger partial charge in [0.05, 0.1) is 10.6 Å². The zero-order valence-electron chi connectivity index (χ0n) is 14.0. The van der Waals surface area contributed by atoms with Gasteiger partial charge in [-0.1, -0.05) is 23.7 Å². The van der Waals surface area contributed by atoms with Crippen molar-refractivity contribution in [1.82, 2.24) is 15.0 Å². The number of halogens is 1. The van der Waals surface area contributed by atoms with Crippen LogP contribution in [0.1, 0.15) is 11.1 Å². The molecule has 0 radical (unpaired) electrons. The molecule has 0 atom stereocenters. The molecule has 3 rings (SSSR count). The molecule has 9 heteroatoms. The van der Waals surface area contributed by atoms with Crippen molar-refractivity contribution in [2.45, 2.75) is 13.8 Å². The fraction of sp³-hybridized carbons (Fsp3) is 0.118. The first-order valence-electron chi connectivity index (χ1n) is 7.67. The monoisotopic (exact) mass is 370 g/mol. The van der Waals surface area contributed by atoms with Gasteiger partial charge < -0.3 is 10.6 Å². The minimum absolute atomic E-state index is 0.0210. The topological polar surface area (TPSA) is 106 Å². The minimum Gasteiger partial charge on any atom is -0.334 e. The average molecular weight is 371 g/mol. The van der Waals surface area contributed by atoms with Gasteiger partial charge in [-0.3, -0.25) is 10.1 Å². The molecule has 0 fully saturated rings. The van der Waals surface area contributed by atoms with E-state index >= 15 is 0 Å². The van der Waals surface area contributed by atoms with Gasteiger partial charge in [0.15, 0.2) is 5.15 Å². The van der Waals surface area contributed by atoms with Crippen LogP contribution in [-0.2, 0) is 0 Å². The fourth-order valence-corrected chi connectivity index (χ4v) is 2.51. The van der Waals surface area contributed by atoms with Gasteiger partial charge in [-0.25, -0.2) is 15.0 Å². The molecular formula is C17H15ClN6O2. The van der Waals surface area contributed by atoms with E-state index < -0.39 is 4.92 Å². The summed E-state index contributed by atoms with van der Waals surface area (Å²) < 4.78 is 0. The van der Waals surface area contributed by atoms with E-state index in [1.165, 1.54) is 12.5 Å². The Hall–Kier alpha value is -3.26. The molecule has 2 heterocycles. The van der Waals surface area contributed by atoms with Crippen LogP contribution in [0.4, 0.5) is 28.7 Å². The lowest BCUT2D eigenvalue weighted by Crippen LogP contribution is -2.06. The second kappa shape index (κ2) is 7.32. The summed E-state index contributed by atoms with van der Waals surface area (Å²) >= 11 is 6.01. The molecule has 0 saturated heterocycles. The van der Waals surface area contributed by atoms with Crippen molar-refractivity contribution in [3.05, 3.63) is 69.3 Å². The molecule has 8 nitrogen and oxygen atoms in total. The highest BCUT2D eigenvalue weighted by atomic mass is 35.5. The fourth-order valence-electron chi connectivity index (χ4n) is 2.34. The Kier molecular flexibility index (Phi) is 4.94. The Morgan fingerprint density at radius 2 is 1.73 bits per heavy atom. The summed E-state index contributed by atoms with van der Waals surface area (Å²) in [7, 11) is 0. The van der Waals surface area contributed by atoms with Gasteiger partial charge in [0.1, 0.15) is 6.33 Å². The number of anilines is 4. The summed E-state index contributed by atoms with van der Waals surface area (Å²) in [5, 5.41) is 17.7. The van der Waals surface area contributed by atoms with Crippen molar-refractivity contribution in [2.24, 2.45) is 0 Å². The van der Waals surface area contributed by atoms with Crippen LogP contribution >= 0.6 is 11.6 Å². The number of benzene rings is 1. The first-order chi connectivity index (χ1) is 12.5. The Morgan fingerprint density at radius 1 is 1.04 bits per heavy atom. The van der Waals surface area contributed by atoms with Crippen LogP contribution < -0.4 is 10.6 Å². The maximum Gasteiger partial charge on any atom is 0.353 e. The van der Waals surface area contributed by atoms with Gasteiger partial charge >= 0.3 is 5.69 Å². The molecule has 0 amide bonds. The highest BCUT2D eigenvalue weighted by Gasteiger charge is 2.24. The molecule has 0 saturated carbocycles. The molecule has 0 aliphatic carbocycles. The van der Waals surface area contributed by atoms with E-state index in [0.29, 0.717) is 5.69 Å². The maximum atomic E-state index is 11.7. The van der Waals surface area contributed by atoms with Gasteiger partial charge in [0.25, 0.3) is 0 Å². The summed E-state index contributed by atoms with van der Waals surface area (Å²) in [5.74, 6) is 0.105. The van der Waals surface area contributed by atoms with Crippen LogP contribution in [0.15, 0.2) is 42.9 Å². The van der Waals surface area contributed by atoms with E-state index in [0.717, 1.165) is 16.8 Å². The molecule has 3 aromatic rings. The Labute approximate surface area is 154 Å². The molecule has 2 N–H and O–H groups in total. The number of nitro groups is 1. The molecular weight excluding hydrogens is 356 g/mol. The van der Waals surface area contributed by atoms with Crippen LogP contribution in [0.25, 0.3) is 0 Å². The van der Waals surface area contributed by atoms with E-state index in [4.69, 9.17) is 11.6 Å². The van der Waals surface area contributed by atoms with Crippen molar-refractivity contribution in [3.63, 3.8) is 0 Å². The lowest BCUT2D eigenvalue weighted by molar-refractivity contribution is -0.383. The van der Waals surface area contributed by atoms with Crippen LogP contribution in [-0.4, -0.2) is 19.9 Å². The van der Waals surface area contributed by atoms with Crippen LogP contribution in [0, 0.1) is 24.0 Å². The predicted octanol–water partition coefficient (Wildman–Crippen LogP) is 4.54. The number of aromatic nitrogens is 3. The van der Waals surface area contributed by atoms with Gasteiger partial charge in [0.2, 0.25) is 11.6 Å². The van der Waals surface area contributed by atoms with Crippen LogP contribution in [0.3, 0.4) is 0 Å². The highest BCUT2D eigenvalue weighted by molar-refractivity contribution is 6.32. The first kappa shape index (κ1) is 17.6. The molecule has 132 valence electrons. The van der Waals surface area contributed by atoms with E-state index in [-0.39, 0.29) is 22.5 Å². The number of nitrogens with zero attached hydrogens (tertiary/aromatic N) is 4. The number of aryl methyl sites for hydroxylation is 2. The van der Waals surface area contributed by atoms with Crippen LogP contribution in [0.5, 0.6) is 0 Å². The Balaban J connectivity index is 2.03. The van der Waals surface area contributed by atoms with Crippen molar-refractivity contribution in [3.8, 4) is 0 Å². The second-order valence-electron chi connectivity index (χ2n) is 5.59. The summed E-state index contributed by atoms with van der Waals surface area (Å²) in [5.41, 5.74) is 2.82. The summed E-state index contributed by atoms with van der Waals surface area (Å²) in [6.07, 6.45) is 2.77. The molecule has 1 aromatic carbocycles. The van der Waals surface area contributed by atoms with Gasteiger partial charge in [-0.2, -0.15) is 0 Å². The molecule has 0 spiro atoms. The van der Waals surface area contributed by atoms with Gasteiger partial charge in [0, 0.05) is 11.9 Å². The third kappa shape index (κ3) is 3.70. The third-order valence-corrected chi connectivity index (χ3v) is 3.96. The SMILES string of the molecule is Cc1ccc(C)c(Nc2ncnc(Nc3cccnc3Cl)c2[N+](=O)[O-])c1. The second-order valence-corrected chi connectivity index (χ2v) is 5.94. The standard InChI is InChI=1S/C17H15ClN6O2/c1-10-5-6-11(2)13(8-10)23-17-14(24(25)26)16(20-9-21-17)22-12-4-3-7-19-15(12)18/h3-9H,1-2H3,(H2,20,21,22,23). The highest BCUT2D eigenvalue weighted by Crippen LogP contribution is 2.34. The van der Waals surface area contributed by atoms with E-state index in [1.54, 1.807) is 12.1 Å². The minimum atomic E-state index is -0.542. The number of hydrogen-bond donors (Lipinski definition) is 2. The lowest BCUT2D eigenvalue weighted by atomic mass is 10.1. The third-order valence-electron chi connectivity index (χ3n) is 3.66. The molecule has 0 unspecified atom stereocenters. The number of rotatable bonds is 5. The quantitative estimate of drug-likeness (QED) is 0.386. The van der Waals surface area contributed by atoms with Crippen molar-refractivity contribution in [1.29, 1.82) is 0 Å². The zero-order valence-corrected chi connectivity index (χ0v) is 14.8. The molecule has 0 aliphatic rings. The summed E-state index contributed by atoms with van der Waals surface area (Å²) in [4.78, 5) is 23.1. The molecule has 26 heavy (non-hydrogen) atoms. The Bertz CT molecular complexity index is 979. The summed E-state index contributed by atoms with van der Waals surface area (Å²) in [6, 6.07) is 9.10. The Morgan fingerprint density at radius 3 is 2.38 bits per heavy atom. The van der Waals surface area contributed by atoms with Crippen LogP contribution in [0.2, 0.25) is 5.15 Å².